The molecule has 2 nitrogen and oxygen atoms in total. The van der Waals surface area contributed by atoms with Crippen molar-refractivity contribution in [3.63, 3.8) is 0 Å². The largest absolute Gasteiger partial charge is 0.300 e. The van der Waals surface area contributed by atoms with Crippen LogP contribution in [0, 0.1) is 5.82 Å². The van der Waals surface area contributed by atoms with Crippen LogP contribution in [0.4, 0.5) is 4.39 Å². The highest BCUT2D eigenvalue weighted by molar-refractivity contribution is 5.65. The third kappa shape index (κ3) is 2.42. The maximum Gasteiger partial charge on any atom is 0.142 e. The molecule has 0 bridgehead atoms. The molecule has 0 unspecified atom stereocenters. The highest BCUT2D eigenvalue weighted by Gasteiger charge is 2.11. The molecule has 2 rings (SSSR count). The molecule has 0 spiro atoms. The van der Waals surface area contributed by atoms with Gasteiger partial charge in [0.1, 0.15) is 5.82 Å². The Kier molecular flexibility index (Phi) is 3.11. The van der Waals surface area contributed by atoms with E-state index in [0.29, 0.717) is 0 Å². The van der Waals surface area contributed by atoms with Crippen LogP contribution in [0.3, 0.4) is 0 Å². The first kappa shape index (κ1) is 10.3. The maximum atomic E-state index is 13.0. The van der Waals surface area contributed by atoms with Crippen LogP contribution >= 0.6 is 0 Å². The summed E-state index contributed by atoms with van der Waals surface area (Å²) in [7, 11) is 0. The van der Waals surface area contributed by atoms with Crippen molar-refractivity contribution >= 4 is 5.57 Å². The molecule has 0 atom stereocenters. The van der Waals surface area contributed by atoms with Crippen molar-refractivity contribution in [2.45, 2.75) is 13.3 Å². The second kappa shape index (κ2) is 4.53. The van der Waals surface area contributed by atoms with Gasteiger partial charge < -0.3 is 0 Å². The average molecular weight is 206 g/mol. The lowest BCUT2D eigenvalue weighted by molar-refractivity contribution is 0.318. The number of aromatic nitrogens is 1. The minimum atomic E-state index is -0.258. The smallest absolute Gasteiger partial charge is 0.142 e. The van der Waals surface area contributed by atoms with E-state index in [2.05, 4.69) is 22.9 Å². The lowest BCUT2D eigenvalue weighted by Gasteiger charge is -2.24. The number of hydrogen-bond acceptors (Lipinski definition) is 2. The van der Waals surface area contributed by atoms with Gasteiger partial charge in [0.25, 0.3) is 0 Å². The van der Waals surface area contributed by atoms with Crippen LogP contribution in [-0.4, -0.2) is 29.5 Å². The number of pyridine rings is 1. The van der Waals surface area contributed by atoms with E-state index < -0.39 is 0 Å². The fraction of sp³-hybridized carbons (Fsp3) is 0.417. The normalized spacial score (nSPS) is 17.6. The van der Waals surface area contributed by atoms with E-state index in [1.54, 1.807) is 12.3 Å². The van der Waals surface area contributed by atoms with E-state index >= 15 is 0 Å². The molecule has 1 aromatic heterocycles. The lowest BCUT2D eigenvalue weighted by Crippen LogP contribution is -2.28. The summed E-state index contributed by atoms with van der Waals surface area (Å²) in [5.74, 6) is -0.258. The van der Waals surface area contributed by atoms with Crippen LogP contribution < -0.4 is 0 Å². The Bertz CT molecular complexity index is 374. The zero-order valence-electron chi connectivity index (χ0n) is 8.91. The van der Waals surface area contributed by atoms with E-state index in [9.17, 15) is 4.39 Å². The summed E-state index contributed by atoms with van der Waals surface area (Å²) < 4.78 is 13.0. The number of halogens is 1. The van der Waals surface area contributed by atoms with E-state index in [4.69, 9.17) is 0 Å². The Hall–Kier alpha value is -1.22. The van der Waals surface area contributed by atoms with Crippen LogP contribution in [0.5, 0.6) is 0 Å². The molecule has 1 aromatic rings. The first-order valence-corrected chi connectivity index (χ1v) is 5.32. The zero-order valence-corrected chi connectivity index (χ0v) is 8.91. The van der Waals surface area contributed by atoms with E-state index in [0.717, 1.165) is 31.6 Å². The van der Waals surface area contributed by atoms with Gasteiger partial charge in [-0.15, -0.1) is 0 Å². The van der Waals surface area contributed by atoms with Crippen molar-refractivity contribution in [3.8, 4) is 0 Å². The summed E-state index contributed by atoms with van der Waals surface area (Å²) >= 11 is 0. The molecule has 80 valence electrons. The predicted octanol–water partition coefficient (Wildman–Crippen LogP) is 2.33. The van der Waals surface area contributed by atoms with Gasteiger partial charge in [0, 0.05) is 19.3 Å². The molecule has 0 N–H and O–H groups in total. The zero-order chi connectivity index (χ0) is 10.7. The topological polar surface area (TPSA) is 16.1 Å². The summed E-state index contributed by atoms with van der Waals surface area (Å²) in [5, 5.41) is 0. The molecule has 0 amide bonds. The molecule has 0 fully saturated rings. The third-order valence-electron chi connectivity index (χ3n) is 2.82. The molecule has 0 aromatic carbocycles. The van der Waals surface area contributed by atoms with Crippen molar-refractivity contribution in [1.29, 1.82) is 0 Å². The highest BCUT2D eigenvalue weighted by atomic mass is 19.1. The van der Waals surface area contributed by atoms with Gasteiger partial charge in [0.2, 0.25) is 0 Å². The molecule has 2 heterocycles. The molecule has 15 heavy (non-hydrogen) atoms. The van der Waals surface area contributed by atoms with Crippen LogP contribution in [0.1, 0.15) is 18.9 Å². The van der Waals surface area contributed by atoms with Gasteiger partial charge in [0.15, 0.2) is 0 Å². The highest BCUT2D eigenvalue weighted by Crippen LogP contribution is 2.21. The molecule has 1 aliphatic rings. The van der Waals surface area contributed by atoms with Crippen molar-refractivity contribution in [2.75, 3.05) is 19.6 Å². The second-order valence-electron chi connectivity index (χ2n) is 3.76. The standard InChI is InChI=1S/C12H15FN2/c1-2-15-5-3-10(4-6-15)11-7-12(13)9-14-8-11/h3,7-9H,2,4-6H2,1H3. The summed E-state index contributed by atoms with van der Waals surface area (Å²) in [6, 6.07) is 1.56. The van der Waals surface area contributed by atoms with Gasteiger partial charge in [-0.05, 0) is 30.2 Å². The third-order valence-corrected chi connectivity index (χ3v) is 2.82. The minimum Gasteiger partial charge on any atom is -0.300 e. The van der Waals surface area contributed by atoms with E-state index in [1.165, 1.54) is 11.8 Å². The van der Waals surface area contributed by atoms with Crippen molar-refractivity contribution < 1.29 is 4.39 Å². The Morgan fingerprint density at radius 2 is 2.33 bits per heavy atom. The Balaban J connectivity index is 2.15. The van der Waals surface area contributed by atoms with E-state index in [1.807, 2.05) is 0 Å². The molecule has 0 aliphatic carbocycles. The Morgan fingerprint density at radius 3 is 2.93 bits per heavy atom. The quantitative estimate of drug-likeness (QED) is 0.738. The Labute approximate surface area is 89.4 Å². The molecule has 3 heteroatoms. The molecule has 0 saturated carbocycles. The fourth-order valence-electron chi connectivity index (χ4n) is 1.85. The SMILES string of the molecule is CCN1CC=C(c2cncc(F)c2)CC1. The summed E-state index contributed by atoms with van der Waals surface area (Å²) in [6.07, 6.45) is 6.13. The van der Waals surface area contributed by atoms with Gasteiger partial charge in [-0.3, -0.25) is 9.88 Å². The van der Waals surface area contributed by atoms with Crippen molar-refractivity contribution in [2.24, 2.45) is 0 Å². The minimum absolute atomic E-state index is 0.258. The van der Waals surface area contributed by atoms with Crippen LogP contribution in [-0.2, 0) is 0 Å². The van der Waals surface area contributed by atoms with Gasteiger partial charge in [-0.1, -0.05) is 13.0 Å². The molecule has 1 aliphatic heterocycles. The summed E-state index contributed by atoms with van der Waals surface area (Å²) in [4.78, 5) is 6.23. The lowest BCUT2D eigenvalue weighted by atomic mass is 10.0. The van der Waals surface area contributed by atoms with Crippen molar-refractivity contribution in [1.82, 2.24) is 9.88 Å². The first-order valence-electron chi connectivity index (χ1n) is 5.32. The molecular weight excluding hydrogens is 191 g/mol. The molecule has 0 radical (unpaired) electrons. The van der Waals surface area contributed by atoms with Gasteiger partial charge in [-0.25, -0.2) is 4.39 Å². The molecular formula is C12H15FN2. The van der Waals surface area contributed by atoms with Crippen LogP contribution in [0.15, 0.2) is 24.5 Å². The van der Waals surface area contributed by atoms with Gasteiger partial charge in [-0.2, -0.15) is 0 Å². The van der Waals surface area contributed by atoms with Crippen molar-refractivity contribution in [3.05, 3.63) is 35.9 Å². The van der Waals surface area contributed by atoms with Gasteiger partial charge >= 0.3 is 0 Å². The summed E-state index contributed by atoms with van der Waals surface area (Å²) in [6.45, 7) is 5.24. The first-order chi connectivity index (χ1) is 7.29. The van der Waals surface area contributed by atoms with Crippen LogP contribution in [0.2, 0.25) is 0 Å². The Morgan fingerprint density at radius 1 is 1.47 bits per heavy atom. The summed E-state index contributed by atoms with van der Waals surface area (Å²) in [5.41, 5.74) is 2.14. The fourth-order valence-corrected chi connectivity index (χ4v) is 1.85. The monoisotopic (exact) mass is 206 g/mol. The maximum absolute atomic E-state index is 13.0. The number of hydrogen-bond donors (Lipinski definition) is 0. The van der Waals surface area contributed by atoms with E-state index in [-0.39, 0.29) is 5.82 Å². The average Bonchev–Trinajstić information content (AvgIpc) is 2.29. The second-order valence-corrected chi connectivity index (χ2v) is 3.76. The predicted molar refractivity (Wildman–Crippen MR) is 58.9 cm³/mol. The molecule has 0 saturated heterocycles. The number of nitrogens with zero attached hydrogens (tertiary/aromatic N) is 2. The number of rotatable bonds is 2. The van der Waals surface area contributed by atoms with Crippen LogP contribution in [0.25, 0.3) is 5.57 Å². The number of likely N-dealkylation sites (N-methyl/N-ethyl adjacent to an activating group) is 1. The van der Waals surface area contributed by atoms with Gasteiger partial charge in [0.05, 0.1) is 6.20 Å².